The summed E-state index contributed by atoms with van der Waals surface area (Å²) in [5, 5.41) is 0. The number of furan rings is 1. The fourth-order valence-corrected chi connectivity index (χ4v) is 2.12. The largest absolute Gasteiger partial charge is 0.444 e. The number of carbonyl (C=O) groups excluding carboxylic acids is 1. The van der Waals surface area contributed by atoms with Crippen LogP contribution >= 0.6 is 15.9 Å². The third-order valence-electron chi connectivity index (χ3n) is 3.03. The van der Waals surface area contributed by atoms with Crippen LogP contribution in [0.4, 0.5) is 0 Å². The molecule has 1 saturated heterocycles. The zero-order valence-corrected chi connectivity index (χ0v) is 11.0. The Hall–Kier alpha value is -0.810. The molecule has 1 fully saturated rings. The third kappa shape index (κ3) is 2.30. The normalized spacial score (nSPS) is 22.4. The monoisotopic (exact) mass is 286 g/mol. The minimum Gasteiger partial charge on any atom is -0.444 e. The Morgan fingerprint density at radius 1 is 1.50 bits per heavy atom. The minimum absolute atomic E-state index is 0.0225. The Morgan fingerprint density at radius 2 is 2.25 bits per heavy atom. The SMILES string of the molecule is CC1CN(C(=O)c2ccc(Br)o2)CCN1C. The van der Waals surface area contributed by atoms with Crippen molar-refractivity contribution in [2.45, 2.75) is 13.0 Å². The maximum atomic E-state index is 12.1. The maximum Gasteiger partial charge on any atom is 0.289 e. The second-order valence-corrected chi connectivity index (χ2v) is 4.97. The Labute approximate surface area is 103 Å². The Bertz CT molecular complexity index is 391. The van der Waals surface area contributed by atoms with Crippen molar-refractivity contribution in [3.8, 4) is 0 Å². The van der Waals surface area contributed by atoms with Gasteiger partial charge in [0.25, 0.3) is 5.91 Å². The smallest absolute Gasteiger partial charge is 0.289 e. The average Bonchev–Trinajstić information content (AvgIpc) is 2.68. The van der Waals surface area contributed by atoms with Crippen molar-refractivity contribution < 1.29 is 9.21 Å². The van der Waals surface area contributed by atoms with E-state index in [0.29, 0.717) is 16.5 Å². The van der Waals surface area contributed by atoms with Crippen LogP contribution in [0, 0.1) is 0 Å². The van der Waals surface area contributed by atoms with Gasteiger partial charge in [-0.05, 0) is 42.0 Å². The van der Waals surface area contributed by atoms with Crippen molar-refractivity contribution in [3.63, 3.8) is 0 Å². The van der Waals surface area contributed by atoms with Crippen molar-refractivity contribution in [1.82, 2.24) is 9.80 Å². The van der Waals surface area contributed by atoms with Gasteiger partial charge in [0.1, 0.15) is 0 Å². The molecule has 0 aliphatic carbocycles. The highest BCUT2D eigenvalue weighted by Crippen LogP contribution is 2.17. The summed E-state index contributed by atoms with van der Waals surface area (Å²) in [6, 6.07) is 3.85. The summed E-state index contributed by atoms with van der Waals surface area (Å²) in [5.41, 5.74) is 0. The highest BCUT2D eigenvalue weighted by atomic mass is 79.9. The van der Waals surface area contributed by atoms with Gasteiger partial charge in [-0.15, -0.1) is 0 Å². The molecule has 1 aliphatic rings. The summed E-state index contributed by atoms with van der Waals surface area (Å²) in [4.78, 5) is 16.2. The van der Waals surface area contributed by atoms with Crippen LogP contribution in [0.3, 0.4) is 0 Å². The van der Waals surface area contributed by atoms with E-state index < -0.39 is 0 Å². The van der Waals surface area contributed by atoms with Crippen molar-refractivity contribution >= 4 is 21.8 Å². The summed E-state index contributed by atoms with van der Waals surface area (Å²) < 4.78 is 5.87. The van der Waals surface area contributed by atoms with Gasteiger partial charge in [-0.25, -0.2) is 0 Å². The molecule has 88 valence electrons. The summed E-state index contributed by atoms with van der Waals surface area (Å²) >= 11 is 3.20. The lowest BCUT2D eigenvalue weighted by atomic mass is 10.2. The van der Waals surface area contributed by atoms with Gasteiger partial charge >= 0.3 is 0 Å². The predicted octanol–water partition coefficient (Wildman–Crippen LogP) is 1.82. The number of carbonyl (C=O) groups is 1. The number of hydrogen-bond donors (Lipinski definition) is 0. The van der Waals surface area contributed by atoms with Crippen LogP contribution in [0.2, 0.25) is 0 Å². The number of rotatable bonds is 1. The van der Waals surface area contributed by atoms with Gasteiger partial charge in [0.2, 0.25) is 0 Å². The number of likely N-dealkylation sites (N-methyl/N-ethyl adjacent to an activating group) is 1. The lowest BCUT2D eigenvalue weighted by molar-refractivity contribution is 0.0541. The lowest BCUT2D eigenvalue weighted by Gasteiger charge is -2.37. The third-order valence-corrected chi connectivity index (χ3v) is 3.46. The second-order valence-electron chi connectivity index (χ2n) is 4.18. The Morgan fingerprint density at radius 3 is 2.81 bits per heavy atom. The summed E-state index contributed by atoms with van der Waals surface area (Å²) in [6.45, 7) is 4.55. The van der Waals surface area contributed by atoms with Crippen LogP contribution in [-0.2, 0) is 0 Å². The van der Waals surface area contributed by atoms with Crippen LogP contribution in [-0.4, -0.2) is 48.4 Å². The molecule has 16 heavy (non-hydrogen) atoms. The van der Waals surface area contributed by atoms with Crippen LogP contribution in [0.1, 0.15) is 17.5 Å². The molecule has 0 spiro atoms. The molecule has 5 heteroatoms. The molecule has 2 rings (SSSR count). The minimum atomic E-state index is -0.0225. The first-order valence-corrected chi connectivity index (χ1v) is 6.12. The van der Waals surface area contributed by atoms with E-state index in [9.17, 15) is 4.79 Å². The van der Waals surface area contributed by atoms with Gasteiger partial charge < -0.3 is 14.2 Å². The Balaban J connectivity index is 2.06. The molecule has 0 saturated carbocycles. The number of amides is 1. The molecule has 1 amide bonds. The van der Waals surface area contributed by atoms with Gasteiger partial charge in [-0.1, -0.05) is 0 Å². The summed E-state index contributed by atoms with van der Waals surface area (Å²) in [6.07, 6.45) is 0. The van der Waals surface area contributed by atoms with Crippen molar-refractivity contribution in [2.24, 2.45) is 0 Å². The van der Waals surface area contributed by atoms with Crippen LogP contribution in [0.15, 0.2) is 21.2 Å². The van der Waals surface area contributed by atoms with E-state index >= 15 is 0 Å². The van der Waals surface area contributed by atoms with Gasteiger partial charge in [-0.2, -0.15) is 0 Å². The van der Waals surface area contributed by atoms with Crippen molar-refractivity contribution in [3.05, 3.63) is 22.6 Å². The molecule has 2 heterocycles. The van der Waals surface area contributed by atoms with Crippen LogP contribution in [0.25, 0.3) is 0 Å². The van der Waals surface area contributed by atoms with Gasteiger partial charge in [0.05, 0.1) is 0 Å². The molecule has 1 aromatic heterocycles. The predicted molar refractivity (Wildman–Crippen MR) is 64.4 cm³/mol. The number of halogens is 1. The van der Waals surface area contributed by atoms with Gasteiger partial charge in [-0.3, -0.25) is 4.79 Å². The van der Waals surface area contributed by atoms with E-state index in [4.69, 9.17) is 4.42 Å². The number of nitrogens with zero attached hydrogens (tertiary/aromatic N) is 2. The Kier molecular flexibility index (Phi) is 3.35. The van der Waals surface area contributed by atoms with Crippen molar-refractivity contribution in [1.29, 1.82) is 0 Å². The van der Waals surface area contributed by atoms with E-state index in [-0.39, 0.29) is 5.91 Å². The maximum absolute atomic E-state index is 12.1. The molecule has 0 radical (unpaired) electrons. The van der Waals surface area contributed by atoms with E-state index in [2.05, 4.69) is 34.8 Å². The zero-order chi connectivity index (χ0) is 11.7. The van der Waals surface area contributed by atoms with Crippen LogP contribution < -0.4 is 0 Å². The number of piperazine rings is 1. The highest BCUT2D eigenvalue weighted by molar-refractivity contribution is 9.10. The quantitative estimate of drug-likeness (QED) is 0.790. The molecule has 0 N–H and O–H groups in total. The highest BCUT2D eigenvalue weighted by Gasteiger charge is 2.26. The van der Waals surface area contributed by atoms with E-state index in [1.807, 2.05) is 4.90 Å². The molecule has 1 aromatic rings. The molecular weight excluding hydrogens is 272 g/mol. The van der Waals surface area contributed by atoms with Crippen LogP contribution in [0.5, 0.6) is 0 Å². The first kappa shape index (κ1) is 11.7. The molecular formula is C11H15BrN2O2. The lowest BCUT2D eigenvalue weighted by Crippen LogP contribution is -2.51. The topological polar surface area (TPSA) is 36.7 Å². The van der Waals surface area contributed by atoms with Gasteiger partial charge in [0.15, 0.2) is 10.4 Å². The summed E-state index contributed by atoms with van der Waals surface area (Å²) in [7, 11) is 2.08. The first-order chi connectivity index (χ1) is 7.58. The first-order valence-electron chi connectivity index (χ1n) is 5.33. The number of hydrogen-bond acceptors (Lipinski definition) is 3. The molecule has 0 aromatic carbocycles. The zero-order valence-electron chi connectivity index (χ0n) is 9.44. The average molecular weight is 287 g/mol. The summed E-state index contributed by atoms with van der Waals surface area (Å²) in [5.74, 6) is 0.384. The van der Waals surface area contributed by atoms with Crippen molar-refractivity contribution in [2.75, 3.05) is 26.7 Å². The molecule has 0 bridgehead atoms. The molecule has 4 nitrogen and oxygen atoms in total. The van der Waals surface area contributed by atoms with E-state index in [1.54, 1.807) is 12.1 Å². The fraction of sp³-hybridized carbons (Fsp3) is 0.545. The molecule has 1 unspecified atom stereocenters. The standard InChI is InChI=1S/C11H15BrN2O2/c1-8-7-14(6-5-13(8)2)11(15)9-3-4-10(12)16-9/h3-4,8H,5-7H2,1-2H3. The van der Waals surface area contributed by atoms with Gasteiger partial charge in [0, 0.05) is 25.7 Å². The van der Waals surface area contributed by atoms with E-state index in [0.717, 1.165) is 19.6 Å². The van der Waals surface area contributed by atoms with E-state index in [1.165, 1.54) is 0 Å². The molecule has 1 atom stereocenters. The second kappa shape index (κ2) is 4.59. The fourth-order valence-electron chi connectivity index (χ4n) is 1.82. The molecule has 1 aliphatic heterocycles.